The first kappa shape index (κ1) is 9.79. The minimum Gasteiger partial charge on any atom is -0.392 e. The summed E-state index contributed by atoms with van der Waals surface area (Å²) < 4.78 is 0. The molecule has 1 fully saturated rings. The van der Waals surface area contributed by atoms with E-state index < -0.39 is 0 Å². The molecular weight excluding hydrogens is 148 g/mol. The molecule has 1 rings (SSSR count). The maximum atomic E-state index is 9.77. The van der Waals surface area contributed by atoms with Gasteiger partial charge in [-0.3, -0.25) is 0 Å². The van der Waals surface area contributed by atoms with Crippen molar-refractivity contribution in [3.8, 4) is 0 Å². The number of hydrogen-bond donors (Lipinski definition) is 1. The van der Waals surface area contributed by atoms with Crippen LogP contribution >= 0.6 is 0 Å². The lowest BCUT2D eigenvalue weighted by atomic mass is 9.70. The fourth-order valence-corrected chi connectivity index (χ4v) is 2.36. The molecule has 0 saturated heterocycles. The van der Waals surface area contributed by atoms with Crippen LogP contribution in [-0.2, 0) is 0 Å². The molecule has 70 valence electrons. The Morgan fingerprint density at radius 1 is 1.33 bits per heavy atom. The Labute approximate surface area is 75.5 Å². The van der Waals surface area contributed by atoms with Gasteiger partial charge in [-0.15, -0.1) is 0 Å². The van der Waals surface area contributed by atoms with E-state index in [1.807, 2.05) is 6.92 Å². The molecule has 1 N–H and O–H groups in total. The van der Waals surface area contributed by atoms with Gasteiger partial charge in [0.15, 0.2) is 0 Å². The minimum absolute atomic E-state index is 0.145. The van der Waals surface area contributed by atoms with E-state index >= 15 is 0 Å². The van der Waals surface area contributed by atoms with Crippen LogP contribution in [0.2, 0.25) is 0 Å². The van der Waals surface area contributed by atoms with Gasteiger partial charge in [0, 0.05) is 5.92 Å². The summed E-state index contributed by atoms with van der Waals surface area (Å²) >= 11 is 0. The van der Waals surface area contributed by atoms with Crippen molar-refractivity contribution in [2.45, 2.75) is 39.7 Å². The lowest BCUT2D eigenvalue weighted by Gasteiger charge is -2.38. The molecule has 4 unspecified atom stereocenters. The molecule has 0 spiro atoms. The van der Waals surface area contributed by atoms with Gasteiger partial charge in [-0.05, 0) is 31.6 Å². The molecule has 1 aliphatic rings. The van der Waals surface area contributed by atoms with Crippen LogP contribution < -0.4 is 0 Å². The maximum absolute atomic E-state index is 9.77. The summed E-state index contributed by atoms with van der Waals surface area (Å²) in [6.45, 7) is 10.5. The zero-order valence-electron chi connectivity index (χ0n) is 8.38. The first-order valence-corrected chi connectivity index (χ1v) is 4.87. The van der Waals surface area contributed by atoms with E-state index in [1.165, 1.54) is 0 Å². The van der Waals surface area contributed by atoms with Gasteiger partial charge in [-0.25, -0.2) is 0 Å². The minimum atomic E-state index is -0.145. The molecule has 0 bridgehead atoms. The van der Waals surface area contributed by atoms with Crippen LogP contribution in [0.25, 0.3) is 0 Å². The molecule has 12 heavy (non-hydrogen) atoms. The largest absolute Gasteiger partial charge is 0.392 e. The summed E-state index contributed by atoms with van der Waals surface area (Å²) in [6, 6.07) is 0. The molecule has 0 aliphatic heterocycles. The van der Waals surface area contributed by atoms with E-state index in [4.69, 9.17) is 0 Å². The van der Waals surface area contributed by atoms with E-state index in [9.17, 15) is 5.11 Å². The molecule has 0 amide bonds. The normalized spacial score (nSPS) is 42.7. The van der Waals surface area contributed by atoms with Gasteiger partial charge in [0.05, 0.1) is 6.10 Å². The highest BCUT2D eigenvalue weighted by molar-refractivity contribution is 5.04. The molecule has 0 radical (unpaired) electrons. The SMILES string of the molecule is C=C(C)C1C(O)CCC(C)C1C. The number of hydrogen-bond acceptors (Lipinski definition) is 1. The van der Waals surface area contributed by atoms with Crippen LogP contribution in [-0.4, -0.2) is 11.2 Å². The average Bonchev–Trinajstić information content (AvgIpc) is 1.97. The Morgan fingerprint density at radius 3 is 2.33 bits per heavy atom. The fraction of sp³-hybridized carbons (Fsp3) is 0.818. The highest BCUT2D eigenvalue weighted by atomic mass is 16.3. The van der Waals surface area contributed by atoms with Gasteiger partial charge >= 0.3 is 0 Å². The predicted molar refractivity (Wildman–Crippen MR) is 51.9 cm³/mol. The molecule has 0 aromatic heterocycles. The van der Waals surface area contributed by atoms with Gasteiger partial charge in [0.1, 0.15) is 0 Å². The van der Waals surface area contributed by atoms with Gasteiger partial charge in [0.2, 0.25) is 0 Å². The summed E-state index contributed by atoms with van der Waals surface area (Å²) in [5.74, 6) is 1.65. The molecule has 1 heteroatoms. The van der Waals surface area contributed by atoms with Crippen LogP contribution in [0.3, 0.4) is 0 Å². The lowest BCUT2D eigenvalue weighted by Crippen LogP contribution is -2.35. The molecule has 1 aliphatic carbocycles. The monoisotopic (exact) mass is 168 g/mol. The zero-order chi connectivity index (χ0) is 9.30. The third kappa shape index (κ3) is 1.71. The first-order chi connectivity index (χ1) is 5.54. The van der Waals surface area contributed by atoms with Crippen molar-refractivity contribution >= 4 is 0 Å². The van der Waals surface area contributed by atoms with Gasteiger partial charge in [0.25, 0.3) is 0 Å². The van der Waals surface area contributed by atoms with E-state index in [0.717, 1.165) is 24.3 Å². The highest BCUT2D eigenvalue weighted by Gasteiger charge is 2.33. The van der Waals surface area contributed by atoms with Gasteiger partial charge in [-0.2, -0.15) is 0 Å². The van der Waals surface area contributed by atoms with Crippen LogP contribution in [0.15, 0.2) is 12.2 Å². The van der Waals surface area contributed by atoms with Gasteiger partial charge in [-0.1, -0.05) is 26.0 Å². The van der Waals surface area contributed by atoms with E-state index in [0.29, 0.717) is 11.8 Å². The number of aliphatic hydroxyl groups is 1. The molecular formula is C11H20O. The van der Waals surface area contributed by atoms with Crippen LogP contribution in [0.5, 0.6) is 0 Å². The summed E-state index contributed by atoms with van der Waals surface area (Å²) in [4.78, 5) is 0. The third-order valence-corrected chi connectivity index (χ3v) is 3.37. The smallest absolute Gasteiger partial charge is 0.0608 e. The first-order valence-electron chi connectivity index (χ1n) is 4.87. The number of aliphatic hydroxyl groups excluding tert-OH is 1. The van der Waals surface area contributed by atoms with Crippen LogP contribution in [0.1, 0.15) is 33.6 Å². The third-order valence-electron chi connectivity index (χ3n) is 3.37. The summed E-state index contributed by atoms with van der Waals surface area (Å²) in [5, 5.41) is 9.77. The predicted octanol–water partition coefficient (Wildman–Crippen LogP) is 2.61. The maximum Gasteiger partial charge on any atom is 0.0608 e. The van der Waals surface area contributed by atoms with Crippen LogP contribution in [0.4, 0.5) is 0 Å². The molecule has 1 saturated carbocycles. The second-order valence-electron chi connectivity index (χ2n) is 4.35. The molecule has 4 atom stereocenters. The Kier molecular flexibility index (Phi) is 2.94. The standard InChI is InChI=1S/C11H20O/c1-7(2)11-9(4)8(3)5-6-10(11)12/h8-12H,1,5-6H2,2-4H3. The van der Waals surface area contributed by atoms with Crippen LogP contribution in [0, 0.1) is 17.8 Å². The van der Waals surface area contributed by atoms with Crippen molar-refractivity contribution in [2.75, 3.05) is 0 Å². The van der Waals surface area contributed by atoms with Crippen molar-refractivity contribution < 1.29 is 5.11 Å². The van der Waals surface area contributed by atoms with Crippen molar-refractivity contribution in [1.82, 2.24) is 0 Å². The molecule has 0 aromatic rings. The number of rotatable bonds is 1. The summed E-state index contributed by atoms with van der Waals surface area (Å²) in [7, 11) is 0. The quantitative estimate of drug-likeness (QED) is 0.597. The Morgan fingerprint density at radius 2 is 1.92 bits per heavy atom. The van der Waals surface area contributed by atoms with E-state index in [2.05, 4.69) is 20.4 Å². The average molecular weight is 168 g/mol. The zero-order valence-corrected chi connectivity index (χ0v) is 8.38. The van der Waals surface area contributed by atoms with Crippen molar-refractivity contribution in [3.63, 3.8) is 0 Å². The highest BCUT2D eigenvalue weighted by Crippen LogP contribution is 2.37. The second kappa shape index (κ2) is 3.61. The Balaban J connectivity index is 2.71. The lowest BCUT2D eigenvalue weighted by molar-refractivity contribution is 0.0324. The fourth-order valence-electron chi connectivity index (χ4n) is 2.36. The van der Waals surface area contributed by atoms with E-state index in [1.54, 1.807) is 0 Å². The topological polar surface area (TPSA) is 20.2 Å². The van der Waals surface area contributed by atoms with Gasteiger partial charge < -0.3 is 5.11 Å². The summed E-state index contributed by atoms with van der Waals surface area (Å²) in [6.07, 6.45) is 1.96. The Hall–Kier alpha value is -0.300. The van der Waals surface area contributed by atoms with E-state index in [-0.39, 0.29) is 6.10 Å². The van der Waals surface area contributed by atoms with Crippen molar-refractivity contribution in [3.05, 3.63) is 12.2 Å². The van der Waals surface area contributed by atoms with Crippen molar-refractivity contribution in [2.24, 2.45) is 17.8 Å². The summed E-state index contributed by atoms with van der Waals surface area (Å²) in [5.41, 5.74) is 1.14. The molecule has 1 nitrogen and oxygen atoms in total. The Bertz CT molecular complexity index is 174. The second-order valence-corrected chi connectivity index (χ2v) is 4.35. The molecule has 0 heterocycles. The van der Waals surface area contributed by atoms with Crippen molar-refractivity contribution in [1.29, 1.82) is 0 Å². The molecule has 0 aromatic carbocycles.